The van der Waals surface area contributed by atoms with Crippen molar-refractivity contribution in [3.63, 3.8) is 0 Å². The van der Waals surface area contributed by atoms with Gasteiger partial charge >= 0.3 is 0 Å². The maximum Gasteiger partial charge on any atom is 0.261 e. The predicted molar refractivity (Wildman–Crippen MR) is 70.4 cm³/mol. The van der Waals surface area contributed by atoms with Gasteiger partial charge in [-0.2, -0.15) is 8.42 Å². The van der Waals surface area contributed by atoms with Crippen molar-refractivity contribution in [3.8, 4) is 0 Å². The number of fused-ring (bicyclic) bond motifs is 1. The fourth-order valence-electron chi connectivity index (χ4n) is 1.81. The molecule has 6 nitrogen and oxygen atoms in total. The molecule has 106 valence electrons. The van der Waals surface area contributed by atoms with Gasteiger partial charge in [0, 0.05) is 5.56 Å². The fourth-order valence-corrected chi connectivity index (χ4v) is 1.81. The number of hydrogen-bond acceptors (Lipinski definition) is 4. The molecule has 2 rings (SSSR count). The first-order chi connectivity index (χ1) is 8.74. The molecular formula is C12H17NO5S. The molecule has 1 amide bonds. The summed E-state index contributed by atoms with van der Waals surface area (Å²) < 4.78 is 25.9. The van der Waals surface area contributed by atoms with Crippen molar-refractivity contribution in [3.05, 3.63) is 35.4 Å². The Labute approximate surface area is 112 Å². The van der Waals surface area contributed by atoms with Gasteiger partial charge in [0.1, 0.15) is 0 Å². The normalized spacial score (nSPS) is 18.9. The van der Waals surface area contributed by atoms with Crippen molar-refractivity contribution in [2.75, 3.05) is 6.26 Å². The lowest BCUT2D eigenvalue weighted by Crippen LogP contribution is -2.28. The number of nitrogens with one attached hydrogen (secondary N) is 1. The van der Waals surface area contributed by atoms with E-state index in [0.29, 0.717) is 18.2 Å². The maximum atomic E-state index is 11.5. The average Bonchev–Trinajstić information content (AvgIpc) is 2.65. The van der Waals surface area contributed by atoms with Crippen molar-refractivity contribution < 1.29 is 22.9 Å². The second-order valence-corrected chi connectivity index (χ2v) is 5.71. The van der Waals surface area contributed by atoms with Crippen LogP contribution in [0.25, 0.3) is 0 Å². The molecule has 1 aromatic rings. The molecule has 1 aliphatic heterocycles. The van der Waals surface area contributed by atoms with E-state index in [1.807, 2.05) is 25.1 Å². The van der Waals surface area contributed by atoms with E-state index < -0.39 is 16.2 Å². The standard InChI is InChI=1S/C11H13NO2.CH4O3S/c1-2-9(13)10-7-5-3-4-6-8(7)11(14)12-10;1-5(2,3)4/h3-6,9-10,13H,2H2,1H3,(H,12,14);1H3,(H,2,3,4). The molecule has 0 fully saturated rings. The third-order valence-electron chi connectivity index (χ3n) is 2.63. The van der Waals surface area contributed by atoms with E-state index in [2.05, 4.69) is 5.32 Å². The second-order valence-electron chi connectivity index (χ2n) is 4.25. The number of aliphatic hydroxyl groups is 1. The monoisotopic (exact) mass is 287 g/mol. The van der Waals surface area contributed by atoms with Crippen LogP contribution in [0.15, 0.2) is 24.3 Å². The first kappa shape index (κ1) is 15.6. The van der Waals surface area contributed by atoms with Crippen LogP contribution in [0, 0.1) is 0 Å². The smallest absolute Gasteiger partial charge is 0.261 e. The van der Waals surface area contributed by atoms with Crippen LogP contribution in [-0.2, 0) is 10.1 Å². The van der Waals surface area contributed by atoms with Gasteiger partial charge in [-0.25, -0.2) is 0 Å². The molecule has 0 radical (unpaired) electrons. The van der Waals surface area contributed by atoms with Crippen molar-refractivity contribution in [2.45, 2.75) is 25.5 Å². The number of carbonyl (C=O) groups is 1. The highest BCUT2D eigenvalue weighted by molar-refractivity contribution is 7.85. The highest BCUT2D eigenvalue weighted by Crippen LogP contribution is 2.28. The zero-order chi connectivity index (χ0) is 14.6. The number of amides is 1. The Hall–Kier alpha value is -1.44. The van der Waals surface area contributed by atoms with Gasteiger partial charge in [0.15, 0.2) is 0 Å². The number of hydrogen-bond donors (Lipinski definition) is 3. The van der Waals surface area contributed by atoms with E-state index in [4.69, 9.17) is 4.55 Å². The molecule has 0 aromatic heterocycles. The third-order valence-corrected chi connectivity index (χ3v) is 2.63. The van der Waals surface area contributed by atoms with E-state index in [9.17, 15) is 18.3 Å². The van der Waals surface area contributed by atoms with E-state index in [1.165, 1.54) is 0 Å². The summed E-state index contributed by atoms with van der Waals surface area (Å²) in [5.74, 6) is -0.0851. The Morgan fingerprint density at radius 2 is 1.89 bits per heavy atom. The van der Waals surface area contributed by atoms with Crippen LogP contribution < -0.4 is 5.32 Å². The van der Waals surface area contributed by atoms with Gasteiger partial charge in [-0.15, -0.1) is 0 Å². The molecule has 7 heteroatoms. The largest absolute Gasteiger partial charge is 0.391 e. The summed E-state index contributed by atoms with van der Waals surface area (Å²) in [5.41, 5.74) is 1.59. The van der Waals surface area contributed by atoms with Crippen LogP contribution in [0.1, 0.15) is 35.3 Å². The Kier molecular flexibility index (Phi) is 5.04. The van der Waals surface area contributed by atoms with Crippen LogP contribution in [0.2, 0.25) is 0 Å². The Morgan fingerprint density at radius 3 is 2.42 bits per heavy atom. The molecule has 3 N–H and O–H groups in total. The fraction of sp³-hybridized carbons (Fsp3) is 0.417. The van der Waals surface area contributed by atoms with E-state index >= 15 is 0 Å². The SMILES string of the molecule is CCC(O)C1NC(=O)c2ccccc21.CS(=O)(=O)O. The number of benzene rings is 1. The molecule has 0 spiro atoms. The summed E-state index contributed by atoms with van der Waals surface area (Å²) in [7, 11) is -3.67. The van der Waals surface area contributed by atoms with E-state index in [0.717, 1.165) is 5.56 Å². The van der Waals surface area contributed by atoms with Gasteiger partial charge in [-0.1, -0.05) is 25.1 Å². The average molecular weight is 287 g/mol. The third kappa shape index (κ3) is 4.62. The van der Waals surface area contributed by atoms with Crippen LogP contribution in [0.3, 0.4) is 0 Å². The van der Waals surface area contributed by atoms with Crippen molar-refractivity contribution in [1.82, 2.24) is 5.32 Å². The molecule has 0 saturated heterocycles. The van der Waals surface area contributed by atoms with Gasteiger partial charge in [0.2, 0.25) is 0 Å². The molecular weight excluding hydrogens is 270 g/mol. The molecule has 0 saturated carbocycles. The topological polar surface area (TPSA) is 104 Å². The second kappa shape index (κ2) is 6.14. The highest BCUT2D eigenvalue weighted by Gasteiger charge is 2.31. The molecule has 1 aliphatic rings. The Balaban J connectivity index is 0.000000312. The zero-order valence-electron chi connectivity index (χ0n) is 10.7. The van der Waals surface area contributed by atoms with E-state index in [1.54, 1.807) is 6.07 Å². The van der Waals surface area contributed by atoms with E-state index in [-0.39, 0.29) is 11.9 Å². The van der Waals surface area contributed by atoms with Crippen LogP contribution in [0.5, 0.6) is 0 Å². The summed E-state index contributed by atoms with van der Waals surface area (Å²) in [4.78, 5) is 11.5. The lowest BCUT2D eigenvalue weighted by Gasteiger charge is -2.17. The van der Waals surface area contributed by atoms with Crippen LogP contribution in [-0.4, -0.2) is 36.3 Å². The van der Waals surface area contributed by atoms with Gasteiger partial charge in [0.05, 0.1) is 18.4 Å². The summed E-state index contributed by atoms with van der Waals surface area (Å²) >= 11 is 0. The van der Waals surface area contributed by atoms with Gasteiger partial charge < -0.3 is 10.4 Å². The summed E-state index contributed by atoms with van der Waals surface area (Å²) in [6.07, 6.45) is 0.856. The Bertz CT molecular complexity index is 547. The molecule has 2 atom stereocenters. The minimum atomic E-state index is -3.67. The minimum Gasteiger partial charge on any atom is -0.391 e. The molecule has 1 heterocycles. The number of rotatable bonds is 2. The number of aliphatic hydroxyl groups excluding tert-OH is 1. The Morgan fingerprint density at radius 1 is 1.37 bits per heavy atom. The van der Waals surface area contributed by atoms with Crippen molar-refractivity contribution in [2.24, 2.45) is 0 Å². The summed E-state index contributed by atoms with van der Waals surface area (Å²) in [6, 6.07) is 7.15. The lowest BCUT2D eigenvalue weighted by molar-refractivity contribution is 0.0874. The van der Waals surface area contributed by atoms with Crippen LogP contribution >= 0.6 is 0 Å². The molecule has 1 aromatic carbocycles. The van der Waals surface area contributed by atoms with Crippen molar-refractivity contribution in [1.29, 1.82) is 0 Å². The highest BCUT2D eigenvalue weighted by atomic mass is 32.2. The van der Waals surface area contributed by atoms with Crippen LogP contribution in [0.4, 0.5) is 0 Å². The summed E-state index contributed by atoms with van der Waals surface area (Å²) in [5, 5.41) is 12.5. The van der Waals surface area contributed by atoms with Gasteiger partial charge in [-0.05, 0) is 18.1 Å². The first-order valence-corrected chi connectivity index (χ1v) is 7.59. The van der Waals surface area contributed by atoms with Gasteiger partial charge in [0.25, 0.3) is 16.0 Å². The minimum absolute atomic E-state index is 0.0851. The van der Waals surface area contributed by atoms with Crippen molar-refractivity contribution >= 4 is 16.0 Å². The first-order valence-electron chi connectivity index (χ1n) is 5.74. The lowest BCUT2D eigenvalue weighted by atomic mass is 9.99. The maximum absolute atomic E-state index is 11.5. The zero-order valence-corrected chi connectivity index (χ0v) is 11.5. The quantitative estimate of drug-likeness (QED) is 0.696. The number of carbonyl (C=O) groups excluding carboxylic acids is 1. The molecule has 0 aliphatic carbocycles. The summed E-state index contributed by atoms with van der Waals surface area (Å²) in [6.45, 7) is 1.90. The molecule has 0 bridgehead atoms. The predicted octanol–water partition coefficient (Wildman–Crippen LogP) is 0.746. The van der Waals surface area contributed by atoms with Gasteiger partial charge in [-0.3, -0.25) is 9.35 Å². The molecule has 2 unspecified atom stereocenters. The molecule has 19 heavy (non-hydrogen) atoms.